The lowest BCUT2D eigenvalue weighted by molar-refractivity contribution is -0.145. The molecule has 4 unspecified atom stereocenters. The van der Waals surface area contributed by atoms with Crippen LogP contribution in [0.4, 0.5) is 0 Å². The lowest BCUT2D eigenvalue weighted by Crippen LogP contribution is -2.24. The van der Waals surface area contributed by atoms with Gasteiger partial charge in [-0.2, -0.15) is 0 Å². The van der Waals surface area contributed by atoms with E-state index >= 15 is 0 Å². The van der Waals surface area contributed by atoms with Gasteiger partial charge in [0, 0.05) is 0 Å². The minimum absolute atomic E-state index is 0.494. The summed E-state index contributed by atoms with van der Waals surface area (Å²) in [5.74, 6) is -3.17. The van der Waals surface area contributed by atoms with Crippen molar-refractivity contribution in [2.24, 2.45) is 11.8 Å². The minimum atomic E-state index is -0.940. The lowest BCUT2D eigenvalue weighted by Gasteiger charge is -2.10. The number of aliphatic hydroxyl groups is 2. The van der Waals surface area contributed by atoms with Gasteiger partial charge in [0.25, 0.3) is 0 Å². The van der Waals surface area contributed by atoms with Crippen LogP contribution < -0.4 is 0 Å². The van der Waals surface area contributed by atoms with Crippen LogP contribution >= 0.6 is 0 Å². The molecule has 0 saturated carbocycles. The number of carbonyl (C=O) groups is 2. The van der Waals surface area contributed by atoms with E-state index in [-0.39, 0.29) is 0 Å². The molecule has 0 amide bonds. The SMILES string of the molecule is CCC(O)C(C)C(=O)O.CCC(O)C(C)C(=O)O. The van der Waals surface area contributed by atoms with E-state index in [1.54, 1.807) is 13.8 Å². The number of hydrogen-bond donors (Lipinski definition) is 4. The maximum Gasteiger partial charge on any atom is 0.308 e. The van der Waals surface area contributed by atoms with Crippen molar-refractivity contribution < 1.29 is 30.0 Å². The van der Waals surface area contributed by atoms with Crippen molar-refractivity contribution in [1.29, 1.82) is 0 Å². The van der Waals surface area contributed by atoms with Crippen molar-refractivity contribution in [1.82, 2.24) is 0 Å². The summed E-state index contributed by atoms with van der Waals surface area (Å²) in [6, 6.07) is 0. The Morgan fingerprint density at radius 3 is 1.11 bits per heavy atom. The summed E-state index contributed by atoms with van der Waals surface area (Å²) in [6.07, 6.45) is -0.425. The van der Waals surface area contributed by atoms with Gasteiger partial charge in [-0.1, -0.05) is 13.8 Å². The molecule has 108 valence electrons. The summed E-state index contributed by atoms with van der Waals surface area (Å²) in [6.45, 7) is 6.50. The molecule has 0 rings (SSSR count). The van der Waals surface area contributed by atoms with E-state index in [1.165, 1.54) is 13.8 Å². The van der Waals surface area contributed by atoms with Crippen molar-refractivity contribution in [3.05, 3.63) is 0 Å². The molecular weight excluding hydrogens is 240 g/mol. The fraction of sp³-hybridized carbons (Fsp3) is 0.833. The van der Waals surface area contributed by atoms with E-state index < -0.39 is 36.0 Å². The molecule has 0 saturated heterocycles. The van der Waals surface area contributed by atoms with Gasteiger partial charge in [0.2, 0.25) is 0 Å². The second-order valence-corrected chi connectivity index (χ2v) is 4.21. The summed E-state index contributed by atoms with van der Waals surface area (Å²) in [4.78, 5) is 20.3. The van der Waals surface area contributed by atoms with Crippen LogP contribution in [0.5, 0.6) is 0 Å². The van der Waals surface area contributed by atoms with Crippen LogP contribution in [0.25, 0.3) is 0 Å². The molecule has 6 nitrogen and oxygen atoms in total. The first-order valence-electron chi connectivity index (χ1n) is 6.00. The Bertz CT molecular complexity index is 227. The van der Waals surface area contributed by atoms with Gasteiger partial charge in [-0.3, -0.25) is 9.59 Å². The van der Waals surface area contributed by atoms with Crippen molar-refractivity contribution in [3.63, 3.8) is 0 Å². The molecule has 0 bridgehead atoms. The van der Waals surface area contributed by atoms with Gasteiger partial charge in [-0.15, -0.1) is 0 Å². The zero-order valence-corrected chi connectivity index (χ0v) is 11.3. The summed E-state index contributed by atoms with van der Waals surface area (Å²) < 4.78 is 0. The van der Waals surface area contributed by atoms with Gasteiger partial charge in [0.15, 0.2) is 0 Å². The number of carboxylic acid groups (broad SMARTS) is 2. The first-order chi connectivity index (χ1) is 8.18. The Hall–Kier alpha value is -1.14. The maximum atomic E-state index is 10.1. The van der Waals surface area contributed by atoms with Crippen molar-refractivity contribution in [2.75, 3.05) is 0 Å². The monoisotopic (exact) mass is 264 g/mol. The highest BCUT2D eigenvalue weighted by atomic mass is 16.4. The minimum Gasteiger partial charge on any atom is -0.481 e. The van der Waals surface area contributed by atoms with E-state index in [1.807, 2.05) is 0 Å². The first kappa shape index (κ1) is 19.2. The topological polar surface area (TPSA) is 115 Å². The van der Waals surface area contributed by atoms with Crippen molar-refractivity contribution >= 4 is 11.9 Å². The molecule has 0 aromatic carbocycles. The number of aliphatic hydroxyl groups excluding tert-OH is 2. The highest BCUT2D eigenvalue weighted by Crippen LogP contribution is 2.05. The summed E-state index contributed by atoms with van der Waals surface area (Å²) in [5.41, 5.74) is 0. The predicted molar refractivity (Wildman–Crippen MR) is 66.2 cm³/mol. The molecule has 0 aromatic heterocycles. The van der Waals surface area contributed by atoms with E-state index in [0.29, 0.717) is 12.8 Å². The Kier molecular flexibility index (Phi) is 10.5. The van der Waals surface area contributed by atoms with Crippen LogP contribution in [0.2, 0.25) is 0 Å². The maximum absolute atomic E-state index is 10.1. The lowest BCUT2D eigenvalue weighted by atomic mass is 10.0. The molecular formula is C12H24O6. The Morgan fingerprint density at radius 2 is 1.06 bits per heavy atom. The number of rotatable bonds is 6. The summed E-state index contributed by atoms with van der Waals surface area (Å²) in [5, 5.41) is 34.5. The summed E-state index contributed by atoms with van der Waals surface area (Å²) in [7, 11) is 0. The van der Waals surface area contributed by atoms with E-state index in [4.69, 9.17) is 20.4 Å². The quantitative estimate of drug-likeness (QED) is 0.568. The zero-order valence-electron chi connectivity index (χ0n) is 11.3. The van der Waals surface area contributed by atoms with Gasteiger partial charge in [-0.05, 0) is 26.7 Å². The first-order valence-corrected chi connectivity index (χ1v) is 6.00. The van der Waals surface area contributed by atoms with E-state index in [2.05, 4.69) is 0 Å². The fourth-order valence-electron chi connectivity index (χ4n) is 1.04. The molecule has 6 heteroatoms. The smallest absolute Gasteiger partial charge is 0.308 e. The fourth-order valence-corrected chi connectivity index (χ4v) is 1.04. The Labute approximate surface area is 107 Å². The Morgan fingerprint density at radius 1 is 0.833 bits per heavy atom. The second-order valence-electron chi connectivity index (χ2n) is 4.21. The third-order valence-electron chi connectivity index (χ3n) is 2.77. The molecule has 0 spiro atoms. The molecule has 0 aliphatic heterocycles. The summed E-state index contributed by atoms with van der Waals surface area (Å²) >= 11 is 0. The number of aliphatic carboxylic acids is 2. The third kappa shape index (κ3) is 8.03. The van der Waals surface area contributed by atoms with Crippen LogP contribution in [0.3, 0.4) is 0 Å². The van der Waals surface area contributed by atoms with Crippen molar-refractivity contribution in [3.8, 4) is 0 Å². The Balaban J connectivity index is 0. The molecule has 0 aromatic rings. The van der Waals surface area contributed by atoms with Gasteiger partial charge in [0.1, 0.15) is 0 Å². The molecule has 4 N–H and O–H groups in total. The number of carboxylic acids is 2. The molecule has 4 atom stereocenters. The molecule has 18 heavy (non-hydrogen) atoms. The van der Waals surface area contributed by atoms with E-state index in [0.717, 1.165) is 0 Å². The largest absolute Gasteiger partial charge is 0.481 e. The number of hydrogen-bond acceptors (Lipinski definition) is 4. The molecule has 0 fully saturated rings. The molecule has 0 aliphatic rings. The van der Waals surface area contributed by atoms with Crippen LogP contribution in [-0.2, 0) is 9.59 Å². The standard InChI is InChI=1S/2C6H12O3/c2*1-3-5(7)4(2)6(8)9/h2*4-5,7H,3H2,1-2H3,(H,8,9). The van der Waals surface area contributed by atoms with E-state index in [9.17, 15) is 9.59 Å². The van der Waals surface area contributed by atoms with Gasteiger partial charge < -0.3 is 20.4 Å². The average Bonchev–Trinajstić information content (AvgIpc) is 2.35. The average molecular weight is 264 g/mol. The zero-order chi connectivity index (χ0) is 14.9. The third-order valence-corrected chi connectivity index (χ3v) is 2.77. The van der Waals surface area contributed by atoms with Crippen LogP contribution in [0.1, 0.15) is 40.5 Å². The normalized spacial score (nSPS) is 16.8. The molecule has 0 radical (unpaired) electrons. The van der Waals surface area contributed by atoms with Crippen LogP contribution in [0, 0.1) is 11.8 Å². The second kappa shape index (κ2) is 9.85. The molecule has 0 aliphatic carbocycles. The van der Waals surface area contributed by atoms with Crippen LogP contribution in [0.15, 0.2) is 0 Å². The molecule has 0 heterocycles. The van der Waals surface area contributed by atoms with Gasteiger partial charge in [-0.25, -0.2) is 0 Å². The highest BCUT2D eigenvalue weighted by Gasteiger charge is 2.19. The van der Waals surface area contributed by atoms with Crippen molar-refractivity contribution in [2.45, 2.75) is 52.7 Å². The van der Waals surface area contributed by atoms with Gasteiger partial charge >= 0.3 is 11.9 Å². The van der Waals surface area contributed by atoms with Gasteiger partial charge in [0.05, 0.1) is 24.0 Å². The predicted octanol–water partition coefficient (Wildman–Crippen LogP) is 0.956. The highest BCUT2D eigenvalue weighted by molar-refractivity contribution is 5.70. The van der Waals surface area contributed by atoms with Crippen LogP contribution in [-0.4, -0.2) is 44.6 Å².